The van der Waals surface area contributed by atoms with Gasteiger partial charge >= 0.3 is 0 Å². The fourth-order valence-electron chi connectivity index (χ4n) is 1.12. The van der Waals surface area contributed by atoms with Crippen molar-refractivity contribution in [1.29, 1.82) is 0 Å². The van der Waals surface area contributed by atoms with Gasteiger partial charge in [-0.05, 0) is 21.9 Å². The van der Waals surface area contributed by atoms with Gasteiger partial charge in [0.1, 0.15) is 11.2 Å². The van der Waals surface area contributed by atoms with Crippen molar-refractivity contribution in [3.05, 3.63) is 22.7 Å². The molecule has 15 heavy (non-hydrogen) atoms. The number of carbonyl (C=O) groups is 1. The van der Waals surface area contributed by atoms with E-state index in [1.165, 1.54) is 27.2 Å². The van der Waals surface area contributed by atoms with E-state index in [-0.39, 0.29) is 5.91 Å². The van der Waals surface area contributed by atoms with Crippen LogP contribution in [0.5, 0.6) is 0 Å². The van der Waals surface area contributed by atoms with Crippen molar-refractivity contribution in [3.8, 4) is 5.69 Å². The van der Waals surface area contributed by atoms with Crippen molar-refractivity contribution < 1.29 is 4.79 Å². The number of thiophene rings is 1. The zero-order chi connectivity index (χ0) is 10.8. The van der Waals surface area contributed by atoms with E-state index in [1.54, 1.807) is 14.1 Å². The van der Waals surface area contributed by atoms with E-state index in [0.29, 0.717) is 10.6 Å². The van der Waals surface area contributed by atoms with Crippen LogP contribution in [0.1, 0.15) is 9.67 Å². The Kier molecular flexibility index (Phi) is 2.46. The number of aromatic nitrogens is 4. The van der Waals surface area contributed by atoms with Gasteiger partial charge in [0, 0.05) is 14.1 Å². The molecule has 0 bridgehead atoms. The number of hydrogen-bond donors (Lipinski definition) is 0. The molecule has 2 aromatic rings. The molecule has 0 spiro atoms. The molecular weight excluding hydrogens is 214 g/mol. The summed E-state index contributed by atoms with van der Waals surface area (Å²) in [5.41, 5.74) is 0.712. The summed E-state index contributed by atoms with van der Waals surface area (Å²) in [6.45, 7) is 0. The van der Waals surface area contributed by atoms with Crippen molar-refractivity contribution in [2.45, 2.75) is 0 Å². The maximum Gasteiger partial charge on any atom is 0.265 e. The number of amides is 1. The molecule has 0 aliphatic rings. The van der Waals surface area contributed by atoms with Gasteiger partial charge in [0.2, 0.25) is 0 Å². The van der Waals surface area contributed by atoms with Gasteiger partial charge in [-0.15, -0.1) is 16.4 Å². The maximum absolute atomic E-state index is 11.8. The lowest BCUT2D eigenvalue weighted by atomic mass is 10.3. The highest BCUT2D eigenvalue weighted by Crippen LogP contribution is 2.20. The van der Waals surface area contributed by atoms with E-state index in [0.717, 1.165) is 0 Å². The molecule has 0 atom stereocenters. The van der Waals surface area contributed by atoms with Crippen LogP contribution in [0.4, 0.5) is 0 Å². The lowest BCUT2D eigenvalue weighted by molar-refractivity contribution is 0.0832. The molecule has 2 rings (SSSR count). The lowest BCUT2D eigenvalue weighted by Gasteiger charge is -2.09. The van der Waals surface area contributed by atoms with Gasteiger partial charge in [-0.1, -0.05) is 0 Å². The van der Waals surface area contributed by atoms with E-state index in [4.69, 9.17) is 0 Å². The van der Waals surface area contributed by atoms with E-state index >= 15 is 0 Å². The van der Waals surface area contributed by atoms with Gasteiger partial charge < -0.3 is 4.90 Å². The molecule has 0 aliphatic carbocycles. The third-order valence-corrected chi connectivity index (χ3v) is 2.73. The molecular formula is C8H9N5OS. The summed E-state index contributed by atoms with van der Waals surface area (Å²) in [5, 5.41) is 12.7. The Labute approximate surface area is 90.1 Å². The van der Waals surface area contributed by atoms with Crippen molar-refractivity contribution in [2.75, 3.05) is 14.1 Å². The van der Waals surface area contributed by atoms with Gasteiger partial charge in [-0.25, -0.2) is 0 Å². The van der Waals surface area contributed by atoms with Crippen LogP contribution in [-0.2, 0) is 0 Å². The Morgan fingerprint density at radius 3 is 2.93 bits per heavy atom. The molecule has 6 nitrogen and oxygen atoms in total. The zero-order valence-electron chi connectivity index (χ0n) is 8.28. The number of rotatable bonds is 2. The average Bonchev–Trinajstić information content (AvgIpc) is 2.86. The molecule has 0 radical (unpaired) electrons. The van der Waals surface area contributed by atoms with E-state index in [1.807, 2.05) is 11.4 Å². The Morgan fingerprint density at radius 1 is 1.53 bits per heavy atom. The van der Waals surface area contributed by atoms with Crippen LogP contribution >= 0.6 is 11.3 Å². The fraction of sp³-hybridized carbons (Fsp3) is 0.250. The standard InChI is InChI=1S/C8H9N5OS/c1-12(2)8(14)7-6(3-4-15-7)13-5-9-10-11-13/h3-5H,1-2H3. The smallest absolute Gasteiger partial charge is 0.265 e. The Balaban J connectivity index is 2.43. The SMILES string of the molecule is CN(C)C(=O)c1sccc1-n1cnnn1. The predicted molar refractivity (Wildman–Crippen MR) is 55.0 cm³/mol. The minimum absolute atomic E-state index is 0.0458. The molecule has 2 heterocycles. The first-order valence-corrected chi connectivity index (χ1v) is 5.10. The first kappa shape index (κ1) is 9.78. The normalized spacial score (nSPS) is 10.3. The summed E-state index contributed by atoms with van der Waals surface area (Å²) in [6, 6.07) is 1.82. The monoisotopic (exact) mass is 223 g/mol. The van der Waals surface area contributed by atoms with Gasteiger partial charge in [0.05, 0.1) is 5.69 Å². The quantitative estimate of drug-likeness (QED) is 0.740. The highest BCUT2D eigenvalue weighted by atomic mass is 32.1. The summed E-state index contributed by atoms with van der Waals surface area (Å²) in [4.78, 5) is 13.9. The van der Waals surface area contributed by atoms with Crippen LogP contribution in [0, 0.1) is 0 Å². The topological polar surface area (TPSA) is 63.9 Å². The molecule has 1 amide bonds. The lowest BCUT2D eigenvalue weighted by Crippen LogP contribution is -2.21. The van der Waals surface area contributed by atoms with Gasteiger partial charge in [0.25, 0.3) is 5.91 Å². The highest BCUT2D eigenvalue weighted by molar-refractivity contribution is 7.12. The summed E-state index contributed by atoms with van der Waals surface area (Å²) in [6.07, 6.45) is 1.47. The summed E-state index contributed by atoms with van der Waals surface area (Å²) in [5.74, 6) is -0.0458. The van der Waals surface area contributed by atoms with Crippen LogP contribution in [0.25, 0.3) is 5.69 Å². The minimum atomic E-state index is -0.0458. The second-order valence-corrected chi connectivity index (χ2v) is 4.01. The maximum atomic E-state index is 11.8. The molecule has 0 aliphatic heterocycles. The third-order valence-electron chi connectivity index (χ3n) is 1.84. The average molecular weight is 223 g/mol. The Bertz CT molecular complexity index is 461. The number of tetrazole rings is 1. The largest absolute Gasteiger partial charge is 0.344 e. The van der Waals surface area contributed by atoms with E-state index < -0.39 is 0 Å². The Morgan fingerprint density at radius 2 is 2.33 bits per heavy atom. The van der Waals surface area contributed by atoms with Crippen LogP contribution < -0.4 is 0 Å². The van der Waals surface area contributed by atoms with Gasteiger partial charge in [-0.3, -0.25) is 4.79 Å². The van der Waals surface area contributed by atoms with E-state index in [2.05, 4.69) is 15.5 Å². The first-order chi connectivity index (χ1) is 7.20. The first-order valence-electron chi connectivity index (χ1n) is 4.22. The molecule has 7 heteroatoms. The third kappa shape index (κ3) is 1.73. The second-order valence-electron chi connectivity index (χ2n) is 3.09. The minimum Gasteiger partial charge on any atom is -0.344 e. The highest BCUT2D eigenvalue weighted by Gasteiger charge is 2.16. The van der Waals surface area contributed by atoms with Crippen LogP contribution in [0.15, 0.2) is 17.8 Å². The predicted octanol–water partition coefficient (Wildman–Crippen LogP) is 0.426. The molecule has 0 N–H and O–H groups in total. The van der Waals surface area contributed by atoms with Crippen molar-refractivity contribution in [2.24, 2.45) is 0 Å². The van der Waals surface area contributed by atoms with Crippen molar-refractivity contribution in [1.82, 2.24) is 25.1 Å². The summed E-state index contributed by atoms with van der Waals surface area (Å²) in [7, 11) is 3.43. The fourth-order valence-corrected chi connectivity index (χ4v) is 2.02. The van der Waals surface area contributed by atoms with Gasteiger partial charge in [0.15, 0.2) is 0 Å². The molecule has 0 unspecified atom stereocenters. The van der Waals surface area contributed by atoms with Crippen LogP contribution in [0.2, 0.25) is 0 Å². The Hall–Kier alpha value is -1.76. The number of carbonyl (C=O) groups excluding carboxylic acids is 1. The molecule has 0 saturated heterocycles. The summed E-state index contributed by atoms with van der Waals surface area (Å²) >= 11 is 1.38. The number of hydrogen-bond acceptors (Lipinski definition) is 5. The molecule has 0 fully saturated rings. The molecule has 0 saturated carbocycles. The van der Waals surface area contributed by atoms with Gasteiger partial charge in [-0.2, -0.15) is 4.68 Å². The molecule has 78 valence electrons. The molecule has 0 aromatic carbocycles. The van der Waals surface area contributed by atoms with Crippen molar-refractivity contribution in [3.63, 3.8) is 0 Å². The summed E-state index contributed by atoms with van der Waals surface area (Å²) < 4.78 is 1.48. The van der Waals surface area contributed by atoms with Crippen molar-refractivity contribution >= 4 is 17.2 Å². The zero-order valence-corrected chi connectivity index (χ0v) is 9.10. The number of nitrogens with zero attached hydrogens (tertiary/aromatic N) is 5. The van der Waals surface area contributed by atoms with Crippen LogP contribution in [0.3, 0.4) is 0 Å². The molecule has 2 aromatic heterocycles. The van der Waals surface area contributed by atoms with Crippen LogP contribution in [-0.4, -0.2) is 45.1 Å². The second kappa shape index (κ2) is 3.77. The van der Waals surface area contributed by atoms with E-state index in [9.17, 15) is 4.79 Å².